The second-order valence-corrected chi connectivity index (χ2v) is 0. The molecule has 0 amide bonds. The average Bonchev–Trinajstić information content (AvgIpc) is 0. The van der Waals surface area contributed by atoms with Crippen molar-refractivity contribution in [2.75, 3.05) is 0 Å². The molecule has 100 heteroatoms. The van der Waals surface area contributed by atoms with Gasteiger partial charge in [0.25, 0.3) is 0 Å². The van der Waals surface area contributed by atoms with Gasteiger partial charge < -0.3 is 274 Å². The molecule has 0 heterocycles. The molecule has 0 unspecified atom stereocenters. The van der Waals surface area contributed by atoms with E-state index >= 15 is 0 Å². The van der Waals surface area contributed by atoms with Crippen molar-refractivity contribution in [3.8, 4) is 0 Å². The van der Waals surface area contributed by atoms with E-state index in [0.29, 0.717) is 0 Å². The molecule has 0 aromatic heterocycles. The van der Waals surface area contributed by atoms with Gasteiger partial charge in [0.05, 0.1) is 0 Å². The molecule has 0 spiro atoms. The van der Waals surface area contributed by atoms with Crippen molar-refractivity contribution in [2.24, 2.45) is 0 Å². The van der Waals surface area contributed by atoms with Crippen LogP contribution in [0.4, 0.5) is 0 Å². The summed E-state index contributed by atoms with van der Waals surface area (Å²) < 4.78 is 0. The first-order valence-electron chi connectivity index (χ1n) is 0. The standard InChI is InChI=1S/50Na.50H2O/h;;;;;;;;;;;;;;;;;;;;;;;;;;;;;;;;;;;;;;;;;;;;;;;;;;50*1H2/q50*+1;;;;;;;;;;;;;;;;;;;;;;;;;;;;;;;;;;;;;;;;;;;;;;;;;;/p-50. The molecular formula is H50Na50O50. The van der Waals surface area contributed by atoms with Crippen molar-refractivity contribution in [2.45, 2.75) is 0 Å². The van der Waals surface area contributed by atoms with Gasteiger partial charge in [0.15, 0.2) is 0 Å². The Morgan fingerprint density at radius 3 is 0.0200 bits per heavy atom. The van der Waals surface area contributed by atoms with E-state index in [9.17, 15) is 0 Å². The minimum Gasteiger partial charge on any atom is -0.870 e. The molecule has 0 saturated heterocycles. The molecule has 0 atom stereocenters. The molecule has 0 aliphatic rings. The molecular weight excluding hydrogens is 1950 g/mol. The van der Waals surface area contributed by atoms with Crippen LogP contribution in [0.15, 0.2) is 0 Å². The van der Waals surface area contributed by atoms with Crippen LogP contribution in [0.5, 0.6) is 0 Å². The Morgan fingerprint density at radius 1 is 0.0200 bits per heavy atom. The monoisotopic (exact) mass is 2000 g/mol. The predicted molar refractivity (Wildman–Crippen MR) is 96.8 cm³/mol. The van der Waals surface area contributed by atoms with Gasteiger partial charge in [0, 0.05) is 0 Å². The summed E-state index contributed by atoms with van der Waals surface area (Å²) in [5.74, 6) is 0. The van der Waals surface area contributed by atoms with Crippen LogP contribution in [0.3, 0.4) is 0 Å². The van der Waals surface area contributed by atoms with Gasteiger partial charge in [-0.2, -0.15) is 0 Å². The third-order valence-corrected chi connectivity index (χ3v) is 0. The van der Waals surface area contributed by atoms with E-state index in [1.54, 1.807) is 0 Å². The van der Waals surface area contributed by atoms with Crippen LogP contribution in [0, 0.1) is 0 Å². The van der Waals surface area contributed by atoms with Crippen molar-refractivity contribution < 1.29 is 1750 Å². The fourth-order valence-electron chi connectivity index (χ4n) is 0. The zero-order valence-electron chi connectivity index (χ0n) is 72.4. The molecule has 0 aromatic rings. The summed E-state index contributed by atoms with van der Waals surface area (Å²) in [4.78, 5) is 0. The van der Waals surface area contributed by atoms with E-state index in [-0.39, 0.29) is 1750 Å². The van der Waals surface area contributed by atoms with Gasteiger partial charge in [-0.25, -0.2) is 0 Å². The van der Waals surface area contributed by atoms with Crippen molar-refractivity contribution in [1.82, 2.24) is 0 Å². The number of hydrogen-bond donors (Lipinski definition) is 0. The van der Waals surface area contributed by atoms with Crippen LogP contribution in [0.2, 0.25) is 0 Å². The van der Waals surface area contributed by atoms with Gasteiger partial charge in [-0.05, 0) is 0 Å². The normalized spacial score (nSPS) is 0. The minimum atomic E-state index is 0. The zero-order chi connectivity index (χ0) is 0. The van der Waals surface area contributed by atoms with E-state index in [2.05, 4.69) is 0 Å². The molecule has 0 fully saturated rings. The van der Waals surface area contributed by atoms with Crippen LogP contribution in [-0.4, -0.2) is 274 Å². The van der Waals surface area contributed by atoms with Gasteiger partial charge in [-0.3, -0.25) is 0 Å². The number of rotatable bonds is 0. The minimum absolute atomic E-state index is 0. The molecule has 0 saturated carbocycles. The smallest absolute Gasteiger partial charge is 0.870 e. The predicted octanol–water partition coefficient (Wildman–Crippen LogP) is -159. The fourth-order valence-corrected chi connectivity index (χ4v) is 0. The largest absolute Gasteiger partial charge is 1.00 e. The first-order valence-corrected chi connectivity index (χ1v) is 0. The topological polar surface area (TPSA) is 1500 Å². The molecule has 0 rings (SSSR count). The third-order valence-electron chi connectivity index (χ3n) is 0. The third kappa shape index (κ3) is 1330. The molecule has 0 radical (unpaired) electrons. The molecule has 50 nitrogen and oxygen atoms in total. The van der Waals surface area contributed by atoms with Crippen LogP contribution in [0.1, 0.15) is 0 Å². The Morgan fingerprint density at radius 2 is 0.0200 bits per heavy atom. The van der Waals surface area contributed by atoms with Crippen molar-refractivity contribution in [1.29, 1.82) is 0 Å². The van der Waals surface area contributed by atoms with Crippen LogP contribution in [-0.2, 0) is 0 Å². The summed E-state index contributed by atoms with van der Waals surface area (Å²) >= 11 is 0. The maximum atomic E-state index is 0. The molecule has 0 aromatic carbocycles. The van der Waals surface area contributed by atoms with E-state index < -0.39 is 0 Å². The zero-order valence-corrected chi connectivity index (χ0v) is 172. The van der Waals surface area contributed by atoms with Crippen LogP contribution < -0.4 is 1480 Å². The quantitative estimate of drug-likeness (QED) is 0.203. The molecule has 50 N–H and O–H groups in total. The van der Waals surface area contributed by atoms with Crippen LogP contribution in [0.25, 0.3) is 0 Å². The second kappa shape index (κ2) is 1360. The molecule has 0 aliphatic heterocycles. The summed E-state index contributed by atoms with van der Waals surface area (Å²) in [7, 11) is 0. The van der Waals surface area contributed by atoms with Gasteiger partial charge in [0.2, 0.25) is 0 Å². The molecule has 100 heavy (non-hydrogen) atoms. The van der Waals surface area contributed by atoms with Gasteiger partial charge >= 0.3 is 1480 Å². The van der Waals surface area contributed by atoms with Gasteiger partial charge in [0.1, 0.15) is 0 Å². The van der Waals surface area contributed by atoms with E-state index in [1.165, 1.54) is 0 Å². The Balaban J connectivity index is 0. The van der Waals surface area contributed by atoms with Crippen LogP contribution >= 0.6 is 0 Å². The summed E-state index contributed by atoms with van der Waals surface area (Å²) in [6.45, 7) is 0. The summed E-state index contributed by atoms with van der Waals surface area (Å²) in [5, 5.41) is 0. The Labute approximate surface area is 1700 Å². The second-order valence-electron chi connectivity index (χ2n) is 0. The fraction of sp³-hybridized carbons (Fsp3) is 0. The molecule has 0 aliphatic carbocycles. The summed E-state index contributed by atoms with van der Waals surface area (Å²) in [5.41, 5.74) is 0. The molecule has 0 bridgehead atoms. The average molecular weight is 2000 g/mol. The Hall–Kier alpha value is 48.0. The van der Waals surface area contributed by atoms with Crippen molar-refractivity contribution in [3.05, 3.63) is 0 Å². The van der Waals surface area contributed by atoms with Gasteiger partial charge in [-0.15, -0.1) is 0 Å². The Kier molecular flexibility index (Phi) is 18900. The molecule has 400 valence electrons. The SMILES string of the molecule is [Na+].[Na+].[Na+].[Na+].[Na+].[Na+].[Na+].[Na+].[Na+].[Na+].[Na+].[Na+].[Na+].[Na+].[Na+].[Na+].[Na+].[Na+].[Na+].[Na+].[Na+].[Na+].[Na+].[Na+].[Na+].[Na+].[Na+].[Na+].[Na+].[Na+].[Na+].[Na+].[Na+].[Na+].[Na+].[Na+].[Na+].[Na+].[Na+].[Na+].[Na+].[Na+].[Na+].[Na+].[Na+].[Na+].[Na+].[Na+].[Na+].[Na+].[OH-].[OH-].[OH-].[OH-].[OH-].[OH-].[OH-].[OH-].[OH-].[OH-].[OH-].[OH-].[OH-].[OH-].[OH-].[OH-].[OH-].[OH-].[OH-].[OH-].[OH-].[OH-].[OH-].[OH-].[OH-].[OH-].[OH-].[OH-].[OH-].[OH-].[OH-].[OH-].[OH-].[OH-].[OH-].[OH-].[OH-].[OH-].[OH-].[OH-].[OH-].[OH-].[OH-].[OH-].[OH-].[OH-].[OH-].[OH-].[OH-].[OH-]. The van der Waals surface area contributed by atoms with E-state index in [1.807, 2.05) is 0 Å². The maximum Gasteiger partial charge on any atom is 1.00 e. The first kappa shape index (κ1) is 1390. The number of hydrogen-bond acceptors (Lipinski definition) is 50. The van der Waals surface area contributed by atoms with Crippen molar-refractivity contribution in [3.63, 3.8) is 0 Å². The van der Waals surface area contributed by atoms with E-state index in [0.717, 1.165) is 0 Å². The summed E-state index contributed by atoms with van der Waals surface area (Å²) in [6.07, 6.45) is 0. The maximum absolute atomic E-state index is 0. The Bertz CT molecular complexity index is 100. The van der Waals surface area contributed by atoms with Gasteiger partial charge in [-0.1, -0.05) is 0 Å². The summed E-state index contributed by atoms with van der Waals surface area (Å²) in [6, 6.07) is 0. The van der Waals surface area contributed by atoms with Crippen molar-refractivity contribution >= 4 is 0 Å². The first-order chi connectivity index (χ1) is 0. The van der Waals surface area contributed by atoms with E-state index in [4.69, 9.17) is 0 Å².